The molecule has 1 amide bonds. The number of para-hydroxylation sites is 2. The monoisotopic (exact) mass is 603 g/mol. The maximum Gasteiger partial charge on any atom is 0.255 e. The summed E-state index contributed by atoms with van der Waals surface area (Å²) in [6, 6.07) is 18.6. The number of carbonyl (C=O) groups is 1. The van der Waals surface area contributed by atoms with Crippen LogP contribution in [-0.4, -0.2) is 40.1 Å². The van der Waals surface area contributed by atoms with Gasteiger partial charge < -0.3 is 24.8 Å². The number of anilines is 2. The molecule has 9 nitrogen and oxygen atoms in total. The van der Waals surface area contributed by atoms with E-state index >= 15 is 0 Å². The van der Waals surface area contributed by atoms with Crippen molar-refractivity contribution in [3.05, 3.63) is 94.9 Å². The molecular formula is C32H34FN5O4S. The predicted molar refractivity (Wildman–Crippen MR) is 165 cm³/mol. The molecule has 1 unspecified atom stereocenters. The second kappa shape index (κ2) is 13.6. The summed E-state index contributed by atoms with van der Waals surface area (Å²) in [5.41, 5.74) is 2.82. The highest BCUT2D eigenvalue weighted by atomic mass is 32.2. The molecule has 43 heavy (non-hydrogen) atoms. The first-order valence-electron chi connectivity index (χ1n) is 14.1. The number of rotatable bonds is 12. The van der Waals surface area contributed by atoms with Crippen LogP contribution in [0.2, 0.25) is 0 Å². The van der Waals surface area contributed by atoms with Crippen molar-refractivity contribution >= 4 is 29.3 Å². The molecule has 4 aromatic rings. The first kappa shape index (κ1) is 30.0. The number of hydrogen-bond acceptors (Lipinski definition) is 8. The summed E-state index contributed by atoms with van der Waals surface area (Å²) in [6.07, 6.45) is 0.974. The van der Waals surface area contributed by atoms with E-state index in [2.05, 4.69) is 17.6 Å². The normalized spacial score (nSPS) is 14.1. The van der Waals surface area contributed by atoms with E-state index in [1.165, 1.54) is 6.07 Å². The number of thioether (sulfide) groups is 1. The van der Waals surface area contributed by atoms with Crippen LogP contribution in [0.15, 0.2) is 83.2 Å². The number of hydrogen-bond donors (Lipinski definition) is 2. The lowest BCUT2D eigenvalue weighted by Gasteiger charge is -2.29. The van der Waals surface area contributed by atoms with E-state index in [0.29, 0.717) is 57.5 Å². The first-order valence-corrected chi connectivity index (χ1v) is 15.1. The van der Waals surface area contributed by atoms with Gasteiger partial charge in [0, 0.05) is 17.0 Å². The zero-order valence-corrected chi connectivity index (χ0v) is 25.3. The number of allylic oxidation sites excluding steroid dienone is 1. The number of nitrogens with one attached hydrogen (secondary N) is 2. The highest BCUT2D eigenvalue weighted by Crippen LogP contribution is 2.40. The van der Waals surface area contributed by atoms with Crippen molar-refractivity contribution in [1.29, 1.82) is 0 Å². The average molecular weight is 604 g/mol. The Bertz CT molecular complexity index is 1640. The van der Waals surface area contributed by atoms with Crippen molar-refractivity contribution in [3.63, 3.8) is 0 Å². The second-order valence-electron chi connectivity index (χ2n) is 9.75. The van der Waals surface area contributed by atoms with Gasteiger partial charge in [0.15, 0.2) is 11.5 Å². The molecule has 11 heteroatoms. The predicted octanol–water partition coefficient (Wildman–Crippen LogP) is 6.83. The van der Waals surface area contributed by atoms with Gasteiger partial charge in [0.2, 0.25) is 11.1 Å². The Kier molecular flexibility index (Phi) is 9.51. The Balaban J connectivity index is 1.54. The van der Waals surface area contributed by atoms with Crippen LogP contribution in [0.1, 0.15) is 44.4 Å². The summed E-state index contributed by atoms with van der Waals surface area (Å²) in [7, 11) is 1.56. The molecule has 2 N–H and O–H groups in total. The fourth-order valence-corrected chi connectivity index (χ4v) is 5.46. The second-order valence-corrected chi connectivity index (χ2v) is 10.8. The van der Waals surface area contributed by atoms with Gasteiger partial charge in [0.25, 0.3) is 5.91 Å². The molecular weight excluding hydrogens is 569 g/mol. The lowest BCUT2D eigenvalue weighted by atomic mass is 9.94. The van der Waals surface area contributed by atoms with Gasteiger partial charge in [0.05, 0.1) is 25.0 Å². The Morgan fingerprint density at radius 3 is 2.60 bits per heavy atom. The van der Waals surface area contributed by atoms with Gasteiger partial charge >= 0.3 is 0 Å². The summed E-state index contributed by atoms with van der Waals surface area (Å²) in [5.74, 6) is 2.22. The molecule has 1 aliphatic rings. The molecule has 1 aromatic heterocycles. The van der Waals surface area contributed by atoms with Gasteiger partial charge in [-0.1, -0.05) is 55.1 Å². The number of benzene rings is 3. The molecule has 1 atom stereocenters. The van der Waals surface area contributed by atoms with Crippen LogP contribution < -0.4 is 24.8 Å². The van der Waals surface area contributed by atoms with Crippen LogP contribution in [0.4, 0.5) is 16.0 Å². The van der Waals surface area contributed by atoms with E-state index in [1.807, 2.05) is 38.1 Å². The molecule has 0 saturated heterocycles. The van der Waals surface area contributed by atoms with Gasteiger partial charge in [-0.15, -0.1) is 5.10 Å². The number of aromatic nitrogens is 3. The zero-order chi connectivity index (χ0) is 30.3. The van der Waals surface area contributed by atoms with Crippen LogP contribution in [0, 0.1) is 5.82 Å². The third-order valence-electron chi connectivity index (χ3n) is 6.79. The number of carbonyl (C=O) groups excluding carboxylic acids is 1. The minimum Gasteiger partial charge on any atom is -0.495 e. The Labute approximate surface area is 254 Å². The first-order chi connectivity index (χ1) is 20.9. The minimum atomic E-state index is -0.630. The SMILES string of the molecule is CCCSc1nc2n(n1)C(c1ccc(OCc3ccccc3F)c(OCC)c1)C(C(=O)Nc1ccccc1OC)=C(C)N2. The molecule has 3 aromatic carbocycles. The average Bonchev–Trinajstić information content (AvgIpc) is 3.42. The van der Waals surface area contributed by atoms with Crippen LogP contribution in [-0.2, 0) is 11.4 Å². The van der Waals surface area contributed by atoms with Gasteiger partial charge in [0.1, 0.15) is 24.2 Å². The minimum absolute atomic E-state index is 0.0380. The lowest BCUT2D eigenvalue weighted by Crippen LogP contribution is -2.31. The van der Waals surface area contributed by atoms with E-state index in [-0.39, 0.29) is 18.3 Å². The molecule has 5 rings (SSSR count). The lowest BCUT2D eigenvalue weighted by molar-refractivity contribution is -0.113. The quantitative estimate of drug-likeness (QED) is 0.170. The van der Waals surface area contributed by atoms with Crippen molar-refractivity contribution in [2.75, 3.05) is 30.1 Å². The molecule has 0 fully saturated rings. The number of ether oxygens (including phenoxy) is 3. The topological polar surface area (TPSA) is 99.5 Å². The Hall–Kier alpha value is -4.51. The van der Waals surface area contributed by atoms with Gasteiger partial charge in [-0.05, 0) is 56.2 Å². The maximum absolute atomic E-state index is 14.2. The number of fused-ring (bicyclic) bond motifs is 1. The third kappa shape index (κ3) is 6.61. The fraction of sp³-hybridized carbons (Fsp3) is 0.281. The summed E-state index contributed by atoms with van der Waals surface area (Å²) >= 11 is 1.55. The highest BCUT2D eigenvalue weighted by molar-refractivity contribution is 7.99. The van der Waals surface area contributed by atoms with E-state index in [1.54, 1.807) is 60.0 Å². The number of methoxy groups -OCH3 is 1. The van der Waals surface area contributed by atoms with Crippen molar-refractivity contribution in [1.82, 2.24) is 14.8 Å². The maximum atomic E-state index is 14.2. The molecule has 224 valence electrons. The van der Waals surface area contributed by atoms with Gasteiger partial charge in [-0.3, -0.25) is 4.79 Å². The molecule has 2 heterocycles. The van der Waals surface area contributed by atoms with E-state index in [0.717, 1.165) is 17.7 Å². The van der Waals surface area contributed by atoms with Crippen molar-refractivity contribution < 1.29 is 23.4 Å². The van der Waals surface area contributed by atoms with Crippen LogP contribution >= 0.6 is 11.8 Å². The van der Waals surface area contributed by atoms with Crippen LogP contribution in [0.25, 0.3) is 0 Å². The van der Waals surface area contributed by atoms with Crippen molar-refractivity contribution in [2.45, 2.75) is 45.0 Å². The zero-order valence-electron chi connectivity index (χ0n) is 24.5. The molecule has 0 bridgehead atoms. The number of halogens is 1. The van der Waals surface area contributed by atoms with Crippen LogP contribution in [0.3, 0.4) is 0 Å². The summed E-state index contributed by atoms with van der Waals surface area (Å²) in [5, 5.41) is 11.7. The summed E-state index contributed by atoms with van der Waals surface area (Å²) in [4.78, 5) is 18.7. The van der Waals surface area contributed by atoms with E-state index in [9.17, 15) is 9.18 Å². The van der Waals surface area contributed by atoms with Crippen molar-refractivity contribution in [3.8, 4) is 17.2 Å². The standard InChI is InChI=1S/C32H34FN5O4S/c1-5-17-43-32-36-31-34-20(3)28(30(39)35-24-13-9-10-14-25(24)40-4)29(38(31)37-32)21-15-16-26(27(18-21)41-6-2)42-19-22-11-7-8-12-23(22)33/h7-16,18,29H,5-6,17,19H2,1-4H3,(H,35,39)(H,34,36,37). The fourth-order valence-electron chi connectivity index (χ4n) is 4.78. The summed E-state index contributed by atoms with van der Waals surface area (Å²) in [6.45, 7) is 6.24. The molecule has 0 radical (unpaired) electrons. The van der Waals surface area contributed by atoms with Crippen molar-refractivity contribution in [2.24, 2.45) is 0 Å². The van der Waals surface area contributed by atoms with E-state index in [4.69, 9.17) is 24.3 Å². The molecule has 0 saturated carbocycles. The molecule has 0 aliphatic carbocycles. The summed E-state index contributed by atoms with van der Waals surface area (Å²) < 4.78 is 33.4. The van der Waals surface area contributed by atoms with Gasteiger partial charge in [-0.2, -0.15) is 4.98 Å². The Morgan fingerprint density at radius 2 is 1.84 bits per heavy atom. The van der Waals surface area contributed by atoms with Gasteiger partial charge in [-0.25, -0.2) is 9.07 Å². The Morgan fingerprint density at radius 1 is 1.05 bits per heavy atom. The van der Waals surface area contributed by atoms with E-state index < -0.39 is 6.04 Å². The highest BCUT2D eigenvalue weighted by Gasteiger charge is 2.35. The molecule has 0 spiro atoms. The third-order valence-corrected chi connectivity index (χ3v) is 7.84. The molecule has 1 aliphatic heterocycles. The van der Waals surface area contributed by atoms with Crippen LogP contribution in [0.5, 0.6) is 17.2 Å². The number of amides is 1. The smallest absolute Gasteiger partial charge is 0.255 e. The largest absolute Gasteiger partial charge is 0.495 e. The number of nitrogens with zero attached hydrogens (tertiary/aromatic N) is 3.